The lowest BCUT2D eigenvalue weighted by atomic mass is 10.1. The highest BCUT2D eigenvalue weighted by atomic mass is 35.5. The van der Waals surface area contributed by atoms with E-state index in [0.717, 1.165) is 22.6 Å². The lowest BCUT2D eigenvalue weighted by molar-refractivity contribution is -0.690. The summed E-state index contributed by atoms with van der Waals surface area (Å²) in [5.41, 5.74) is 3.49. The van der Waals surface area contributed by atoms with E-state index in [2.05, 4.69) is 16.7 Å². The van der Waals surface area contributed by atoms with Crippen LogP contribution in [0.2, 0.25) is 0 Å². The standard InChI is InChI=1S/C22H19NO3.ClH/c1-26-21-13-8-17(9-14-21)7-12-20-4-2-3-15-23(20)16-18-5-10-19(11-6-18)22(24)25;/h2-15H,16H2,1H3;1H/b12-7+;. The molecular weight excluding hydrogens is 362 g/mol. The summed E-state index contributed by atoms with van der Waals surface area (Å²) in [6.07, 6.45) is 6.13. The van der Waals surface area contributed by atoms with Gasteiger partial charge in [0, 0.05) is 23.8 Å². The monoisotopic (exact) mass is 381 g/mol. The van der Waals surface area contributed by atoms with Gasteiger partial charge in [-0.2, -0.15) is 4.57 Å². The third kappa shape index (κ3) is 5.43. The van der Waals surface area contributed by atoms with Gasteiger partial charge in [0.15, 0.2) is 12.7 Å². The number of hydrogen-bond donors (Lipinski definition) is 1. The number of hydrogen-bond acceptors (Lipinski definition) is 2. The van der Waals surface area contributed by atoms with Crippen molar-refractivity contribution in [3.05, 3.63) is 95.3 Å². The van der Waals surface area contributed by atoms with Gasteiger partial charge in [-0.3, -0.25) is 0 Å². The van der Waals surface area contributed by atoms with Crippen LogP contribution in [0.4, 0.5) is 0 Å². The van der Waals surface area contributed by atoms with Crippen LogP contribution in [0.3, 0.4) is 0 Å². The van der Waals surface area contributed by atoms with E-state index >= 15 is 0 Å². The van der Waals surface area contributed by atoms with Crippen LogP contribution in [0.25, 0.3) is 12.2 Å². The zero-order chi connectivity index (χ0) is 18.4. The molecule has 0 bridgehead atoms. The van der Waals surface area contributed by atoms with Crippen molar-refractivity contribution in [1.82, 2.24) is 0 Å². The van der Waals surface area contributed by atoms with E-state index in [4.69, 9.17) is 9.84 Å². The van der Waals surface area contributed by atoms with Crippen molar-refractivity contribution in [3.63, 3.8) is 0 Å². The summed E-state index contributed by atoms with van der Waals surface area (Å²) in [4.78, 5) is 11.0. The Labute approximate surface area is 164 Å². The molecule has 0 spiro atoms. The van der Waals surface area contributed by atoms with Crippen molar-refractivity contribution in [1.29, 1.82) is 0 Å². The first-order chi connectivity index (χ1) is 12.7. The van der Waals surface area contributed by atoms with Gasteiger partial charge in [0.25, 0.3) is 0 Å². The molecule has 3 rings (SSSR count). The number of methoxy groups -OCH3 is 1. The second-order valence-corrected chi connectivity index (χ2v) is 5.86. The van der Waals surface area contributed by atoms with Crippen LogP contribution in [0, 0.1) is 0 Å². The maximum absolute atomic E-state index is 11.0. The smallest absolute Gasteiger partial charge is 0.335 e. The van der Waals surface area contributed by atoms with Crippen LogP contribution in [0.5, 0.6) is 5.75 Å². The first kappa shape index (κ1) is 20.2. The molecule has 138 valence electrons. The molecule has 0 saturated carbocycles. The molecule has 3 aromatic rings. The zero-order valence-electron chi connectivity index (χ0n) is 14.9. The van der Waals surface area contributed by atoms with Crippen LogP contribution in [-0.2, 0) is 6.54 Å². The van der Waals surface area contributed by atoms with Gasteiger partial charge in [-0.1, -0.05) is 24.3 Å². The van der Waals surface area contributed by atoms with Crippen molar-refractivity contribution in [2.24, 2.45) is 0 Å². The minimum absolute atomic E-state index is 0. The van der Waals surface area contributed by atoms with Crippen LogP contribution in [0.1, 0.15) is 27.2 Å². The van der Waals surface area contributed by atoms with E-state index in [1.54, 1.807) is 19.2 Å². The second-order valence-electron chi connectivity index (χ2n) is 5.86. The van der Waals surface area contributed by atoms with E-state index in [-0.39, 0.29) is 12.4 Å². The Hall–Kier alpha value is -3.11. The molecule has 0 fully saturated rings. The number of ether oxygens (including phenoxy) is 1. The summed E-state index contributed by atoms with van der Waals surface area (Å²) in [6.45, 7) is 0.670. The number of aromatic nitrogens is 1. The zero-order valence-corrected chi connectivity index (χ0v) is 15.6. The van der Waals surface area contributed by atoms with Gasteiger partial charge in [0.2, 0.25) is 5.69 Å². The fourth-order valence-corrected chi connectivity index (χ4v) is 2.63. The van der Waals surface area contributed by atoms with Crippen molar-refractivity contribution in [2.45, 2.75) is 6.54 Å². The highest BCUT2D eigenvalue weighted by molar-refractivity contribution is 5.87. The number of benzene rings is 2. The number of nitrogens with zero attached hydrogens (tertiary/aromatic N) is 1. The molecule has 0 atom stereocenters. The predicted octanol–water partition coefficient (Wildman–Crippen LogP) is 0.904. The van der Waals surface area contributed by atoms with Gasteiger partial charge >= 0.3 is 5.97 Å². The SMILES string of the molecule is COc1ccc(/C=C/c2cccc[n+]2Cc2ccc(C(=O)O)cc2)cc1.[Cl-]. The number of carbonyl (C=O) groups is 1. The molecule has 4 nitrogen and oxygen atoms in total. The lowest BCUT2D eigenvalue weighted by Gasteiger charge is -2.02. The summed E-state index contributed by atoms with van der Waals surface area (Å²) in [7, 11) is 1.65. The lowest BCUT2D eigenvalue weighted by Crippen LogP contribution is -3.00. The Bertz CT molecular complexity index is 919. The average Bonchev–Trinajstić information content (AvgIpc) is 2.68. The molecule has 0 aliphatic rings. The topological polar surface area (TPSA) is 50.4 Å². The first-order valence-electron chi connectivity index (χ1n) is 8.28. The predicted molar refractivity (Wildman–Crippen MR) is 101 cm³/mol. The van der Waals surface area contributed by atoms with E-state index < -0.39 is 5.97 Å². The van der Waals surface area contributed by atoms with Gasteiger partial charge in [0.05, 0.1) is 12.7 Å². The van der Waals surface area contributed by atoms with Gasteiger partial charge in [0.1, 0.15) is 5.75 Å². The Morgan fingerprint density at radius 3 is 2.33 bits per heavy atom. The summed E-state index contributed by atoms with van der Waals surface area (Å²) in [6, 6.07) is 20.9. The molecule has 0 aliphatic heterocycles. The summed E-state index contributed by atoms with van der Waals surface area (Å²) < 4.78 is 7.30. The molecule has 0 radical (unpaired) electrons. The number of carboxylic acid groups (broad SMARTS) is 1. The maximum atomic E-state index is 11.0. The number of carboxylic acids is 1. The molecule has 0 saturated heterocycles. The minimum atomic E-state index is -0.910. The molecule has 1 heterocycles. The van der Waals surface area contributed by atoms with Crippen molar-refractivity contribution in [3.8, 4) is 5.75 Å². The molecular formula is C22H20ClNO3. The van der Waals surface area contributed by atoms with Gasteiger partial charge in [-0.25, -0.2) is 4.79 Å². The average molecular weight is 382 g/mol. The Kier molecular flexibility index (Phi) is 7.15. The van der Waals surface area contributed by atoms with Crippen molar-refractivity contribution < 1.29 is 31.6 Å². The third-order valence-corrected chi connectivity index (χ3v) is 4.09. The molecule has 0 amide bonds. The number of pyridine rings is 1. The van der Waals surface area contributed by atoms with E-state index in [1.807, 2.05) is 60.8 Å². The van der Waals surface area contributed by atoms with Crippen molar-refractivity contribution >= 4 is 18.1 Å². The normalized spacial score (nSPS) is 10.4. The minimum Gasteiger partial charge on any atom is -1.00 e. The van der Waals surface area contributed by atoms with Crippen molar-refractivity contribution in [2.75, 3.05) is 7.11 Å². The van der Waals surface area contributed by atoms with Crippen LogP contribution in [-0.4, -0.2) is 18.2 Å². The van der Waals surface area contributed by atoms with Gasteiger partial charge in [-0.15, -0.1) is 0 Å². The number of halogens is 1. The fraction of sp³-hybridized carbons (Fsp3) is 0.0909. The quantitative estimate of drug-likeness (QED) is 0.646. The number of rotatable bonds is 6. The summed E-state index contributed by atoms with van der Waals surface area (Å²) in [5, 5.41) is 9.00. The van der Waals surface area contributed by atoms with E-state index in [0.29, 0.717) is 12.1 Å². The molecule has 0 aliphatic carbocycles. The molecule has 5 heteroatoms. The van der Waals surface area contributed by atoms with Crippen LogP contribution >= 0.6 is 0 Å². The highest BCUT2D eigenvalue weighted by Gasteiger charge is 2.09. The molecule has 1 aromatic heterocycles. The second kappa shape index (κ2) is 9.55. The highest BCUT2D eigenvalue weighted by Crippen LogP contribution is 2.13. The van der Waals surface area contributed by atoms with E-state index in [1.165, 1.54) is 0 Å². The van der Waals surface area contributed by atoms with Gasteiger partial charge in [-0.05, 0) is 42.0 Å². The number of aromatic carboxylic acids is 1. The first-order valence-corrected chi connectivity index (χ1v) is 8.28. The summed E-state index contributed by atoms with van der Waals surface area (Å²) >= 11 is 0. The molecule has 1 N–H and O–H groups in total. The Morgan fingerprint density at radius 2 is 1.70 bits per heavy atom. The van der Waals surface area contributed by atoms with E-state index in [9.17, 15) is 4.79 Å². The van der Waals surface area contributed by atoms with Crippen LogP contribution < -0.4 is 21.7 Å². The molecule has 27 heavy (non-hydrogen) atoms. The van der Waals surface area contributed by atoms with Gasteiger partial charge < -0.3 is 22.3 Å². The summed E-state index contributed by atoms with van der Waals surface area (Å²) in [5.74, 6) is -0.0752. The van der Waals surface area contributed by atoms with Crippen LogP contribution in [0.15, 0.2) is 72.9 Å². The largest absolute Gasteiger partial charge is 1.00 e. The Balaban J connectivity index is 0.00000261. The Morgan fingerprint density at radius 1 is 1.00 bits per heavy atom. The maximum Gasteiger partial charge on any atom is 0.335 e. The molecule has 0 unspecified atom stereocenters. The molecule has 2 aromatic carbocycles. The third-order valence-electron chi connectivity index (χ3n) is 4.09. The fourth-order valence-electron chi connectivity index (χ4n) is 2.63.